The summed E-state index contributed by atoms with van der Waals surface area (Å²) < 4.78 is 40.9. The number of halogens is 3. The number of hydrogen-bond acceptors (Lipinski definition) is 4. The number of fused-ring (bicyclic) bond motifs is 3. The topological polar surface area (TPSA) is 65.4 Å². The van der Waals surface area contributed by atoms with E-state index >= 15 is 0 Å². The van der Waals surface area contributed by atoms with Crippen LogP contribution in [-0.4, -0.2) is 29.3 Å². The molecule has 9 heteroatoms. The molecular weight excluding hydrogens is 448 g/mol. The summed E-state index contributed by atoms with van der Waals surface area (Å²) in [6, 6.07) is 6.57. The largest absolute Gasteiger partial charge is 0.495 e. The summed E-state index contributed by atoms with van der Waals surface area (Å²) in [6.07, 6.45) is 0. The first kappa shape index (κ1) is 19.4. The quantitative estimate of drug-likeness (QED) is 0.628. The summed E-state index contributed by atoms with van der Waals surface area (Å²) in [6.45, 7) is 2.28. The van der Waals surface area contributed by atoms with Gasteiger partial charge in [0.2, 0.25) is 0 Å². The highest BCUT2D eigenvalue weighted by Crippen LogP contribution is 2.44. The van der Waals surface area contributed by atoms with Gasteiger partial charge < -0.3 is 14.8 Å². The van der Waals surface area contributed by atoms with Crippen molar-refractivity contribution in [1.82, 2.24) is 15.1 Å². The molecule has 1 aromatic heterocycles. The lowest BCUT2D eigenvalue weighted by molar-refractivity contribution is 0.0948. The van der Waals surface area contributed by atoms with E-state index in [2.05, 4.69) is 26.3 Å². The van der Waals surface area contributed by atoms with E-state index in [-0.39, 0.29) is 23.9 Å². The first-order chi connectivity index (χ1) is 13.9. The minimum Gasteiger partial charge on any atom is -0.495 e. The van der Waals surface area contributed by atoms with Gasteiger partial charge in [-0.25, -0.2) is 13.5 Å². The average Bonchev–Trinajstić information content (AvgIpc) is 3.07. The third-order valence-electron chi connectivity index (χ3n) is 4.51. The maximum Gasteiger partial charge on any atom is 0.272 e. The monoisotopic (exact) mass is 463 g/mol. The molecule has 1 aliphatic rings. The predicted octanol–water partition coefficient (Wildman–Crippen LogP) is 4.23. The second kappa shape index (κ2) is 7.47. The van der Waals surface area contributed by atoms with Crippen LogP contribution in [0.4, 0.5) is 8.78 Å². The van der Waals surface area contributed by atoms with Gasteiger partial charge in [0.25, 0.3) is 5.91 Å². The average molecular weight is 464 g/mol. The molecule has 1 N–H and O–H groups in total. The third kappa shape index (κ3) is 3.35. The molecule has 0 saturated heterocycles. The van der Waals surface area contributed by atoms with E-state index in [1.807, 2.05) is 0 Å². The van der Waals surface area contributed by atoms with Crippen molar-refractivity contribution in [3.8, 4) is 28.4 Å². The minimum absolute atomic E-state index is 0.0807. The Morgan fingerprint density at radius 3 is 2.66 bits per heavy atom. The maximum absolute atomic E-state index is 13.9. The van der Waals surface area contributed by atoms with Crippen molar-refractivity contribution in [1.29, 1.82) is 0 Å². The number of nitrogens with one attached hydrogen (secondary N) is 1. The summed E-state index contributed by atoms with van der Waals surface area (Å²) in [5, 5.41) is 7.08. The van der Waals surface area contributed by atoms with E-state index in [9.17, 15) is 13.6 Å². The maximum atomic E-state index is 13.9. The van der Waals surface area contributed by atoms with Crippen LogP contribution >= 0.6 is 15.9 Å². The lowest BCUT2D eigenvalue weighted by atomic mass is 10.0. The Bertz CT molecular complexity index is 1110. The molecule has 0 fully saturated rings. The molecule has 4 rings (SSSR count). The second-order valence-corrected chi connectivity index (χ2v) is 7.20. The van der Waals surface area contributed by atoms with E-state index in [0.29, 0.717) is 39.3 Å². The Morgan fingerprint density at radius 2 is 2.00 bits per heavy atom. The molecule has 0 aliphatic carbocycles. The zero-order chi connectivity index (χ0) is 20.7. The van der Waals surface area contributed by atoms with Gasteiger partial charge in [-0.3, -0.25) is 4.79 Å². The number of rotatable bonds is 4. The number of aromatic nitrogens is 2. The third-order valence-corrected chi connectivity index (χ3v) is 5.13. The summed E-state index contributed by atoms with van der Waals surface area (Å²) in [4.78, 5) is 12.6. The SMILES string of the molecule is CCNC(=O)c1nn(-c2cc(F)cc(F)c2)c2c1COc1cc(OC)c(Br)cc1-2. The van der Waals surface area contributed by atoms with Crippen molar-refractivity contribution in [3.05, 3.63) is 57.7 Å². The molecule has 0 spiro atoms. The van der Waals surface area contributed by atoms with Gasteiger partial charge in [0.05, 0.1) is 23.0 Å². The van der Waals surface area contributed by atoms with E-state index in [1.54, 1.807) is 19.1 Å². The number of benzene rings is 2. The molecule has 6 nitrogen and oxygen atoms in total. The Balaban J connectivity index is 2.00. The first-order valence-corrected chi connectivity index (χ1v) is 9.59. The number of ether oxygens (including phenoxy) is 2. The molecule has 150 valence electrons. The molecule has 1 amide bonds. The van der Waals surface area contributed by atoms with E-state index in [0.717, 1.165) is 18.2 Å². The molecule has 0 bridgehead atoms. The summed E-state index contributed by atoms with van der Waals surface area (Å²) in [7, 11) is 1.54. The first-order valence-electron chi connectivity index (χ1n) is 8.80. The molecule has 1 aliphatic heterocycles. The van der Waals surface area contributed by atoms with Crippen LogP contribution in [0, 0.1) is 11.6 Å². The number of methoxy groups -OCH3 is 1. The molecule has 2 heterocycles. The van der Waals surface area contributed by atoms with Crippen LogP contribution < -0.4 is 14.8 Å². The van der Waals surface area contributed by atoms with Gasteiger partial charge in [-0.1, -0.05) is 0 Å². The minimum atomic E-state index is -0.744. The highest BCUT2D eigenvalue weighted by atomic mass is 79.9. The van der Waals surface area contributed by atoms with E-state index in [1.165, 1.54) is 11.8 Å². The van der Waals surface area contributed by atoms with Crippen LogP contribution in [-0.2, 0) is 6.61 Å². The number of carbonyl (C=O) groups is 1. The van der Waals surface area contributed by atoms with Crippen molar-refractivity contribution in [2.24, 2.45) is 0 Å². The lowest BCUT2D eigenvalue weighted by Crippen LogP contribution is -2.24. The van der Waals surface area contributed by atoms with Crippen LogP contribution in [0.15, 0.2) is 34.8 Å². The fraction of sp³-hybridized carbons (Fsp3) is 0.200. The molecule has 0 saturated carbocycles. The van der Waals surface area contributed by atoms with Gasteiger partial charge in [0.1, 0.15) is 29.7 Å². The summed E-state index contributed by atoms with van der Waals surface area (Å²) >= 11 is 3.44. The Morgan fingerprint density at radius 1 is 1.28 bits per heavy atom. The molecule has 2 aromatic carbocycles. The van der Waals surface area contributed by atoms with Gasteiger partial charge in [-0.2, -0.15) is 5.10 Å². The van der Waals surface area contributed by atoms with Crippen LogP contribution in [0.2, 0.25) is 0 Å². The number of amides is 1. The zero-order valence-electron chi connectivity index (χ0n) is 15.6. The second-order valence-electron chi connectivity index (χ2n) is 6.35. The van der Waals surface area contributed by atoms with Crippen molar-refractivity contribution >= 4 is 21.8 Å². The van der Waals surface area contributed by atoms with Gasteiger partial charge in [0.15, 0.2) is 5.69 Å². The lowest BCUT2D eigenvalue weighted by Gasteiger charge is -2.21. The van der Waals surface area contributed by atoms with E-state index in [4.69, 9.17) is 9.47 Å². The molecule has 3 aromatic rings. The van der Waals surface area contributed by atoms with Gasteiger partial charge in [-0.15, -0.1) is 0 Å². The molecule has 0 atom stereocenters. The Labute approximate surface area is 173 Å². The fourth-order valence-electron chi connectivity index (χ4n) is 3.28. The van der Waals surface area contributed by atoms with Crippen LogP contribution in [0.3, 0.4) is 0 Å². The molecule has 0 unspecified atom stereocenters. The van der Waals surface area contributed by atoms with Gasteiger partial charge in [0, 0.05) is 29.8 Å². The van der Waals surface area contributed by atoms with Crippen molar-refractivity contribution in [3.63, 3.8) is 0 Å². The van der Waals surface area contributed by atoms with Gasteiger partial charge >= 0.3 is 0 Å². The van der Waals surface area contributed by atoms with E-state index < -0.39 is 11.6 Å². The number of carbonyl (C=O) groups excluding carboxylic acids is 1. The number of hydrogen-bond donors (Lipinski definition) is 1. The van der Waals surface area contributed by atoms with Gasteiger partial charge in [-0.05, 0) is 41.1 Å². The van der Waals surface area contributed by atoms with Crippen molar-refractivity contribution < 1.29 is 23.0 Å². The molecule has 0 radical (unpaired) electrons. The number of nitrogens with zero attached hydrogens (tertiary/aromatic N) is 2. The van der Waals surface area contributed by atoms with Crippen LogP contribution in [0.1, 0.15) is 23.0 Å². The highest BCUT2D eigenvalue weighted by Gasteiger charge is 2.31. The Hall–Kier alpha value is -2.94. The van der Waals surface area contributed by atoms with Crippen LogP contribution in [0.25, 0.3) is 16.9 Å². The predicted molar refractivity (Wildman–Crippen MR) is 106 cm³/mol. The summed E-state index contributed by atoms with van der Waals surface area (Å²) in [5.74, 6) is -0.796. The standard InChI is InChI=1S/C20H16BrF2N3O3/c1-3-24-20(27)18-14-9-29-16-8-17(28-2)15(21)7-13(16)19(14)26(25-18)12-5-10(22)4-11(23)6-12/h4-8H,3,9H2,1-2H3,(H,24,27). The fourth-order valence-corrected chi connectivity index (χ4v) is 3.79. The Kier molecular flexibility index (Phi) is 4.99. The molecule has 29 heavy (non-hydrogen) atoms. The summed E-state index contributed by atoms with van der Waals surface area (Å²) in [5.41, 5.74) is 1.98. The zero-order valence-corrected chi connectivity index (χ0v) is 17.1. The molecular formula is C20H16BrF2N3O3. The smallest absolute Gasteiger partial charge is 0.272 e. The normalized spacial score (nSPS) is 12.0. The van der Waals surface area contributed by atoms with Crippen molar-refractivity contribution in [2.75, 3.05) is 13.7 Å². The van der Waals surface area contributed by atoms with Crippen LogP contribution in [0.5, 0.6) is 11.5 Å². The highest BCUT2D eigenvalue weighted by molar-refractivity contribution is 9.10. The van der Waals surface area contributed by atoms with Crippen molar-refractivity contribution in [2.45, 2.75) is 13.5 Å².